The van der Waals surface area contributed by atoms with Crippen LogP contribution in [-0.4, -0.2) is 23.1 Å². The van der Waals surface area contributed by atoms with Crippen LogP contribution < -0.4 is 5.73 Å². The molecular formula is C19H19N3O3. The molecular weight excluding hydrogens is 318 g/mol. The van der Waals surface area contributed by atoms with Gasteiger partial charge in [-0.1, -0.05) is 0 Å². The number of aryl methyl sites for hydroxylation is 1. The van der Waals surface area contributed by atoms with E-state index in [2.05, 4.69) is 0 Å². The van der Waals surface area contributed by atoms with Gasteiger partial charge in [-0.15, -0.1) is 0 Å². The Morgan fingerprint density at radius 1 is 1.28 bits per heavy atom. The van der Waals surface area contributed by atoms with E-state index in [0.29, 0.717) is 12.2 Å². The Labute approximate surface area is 146 Å². The van der Waals surface area contributed by atoms with Crippen molar-refractivity contribution in [1.29, 1.82) is 5.26 Å². The normalized spacial score (nSPS) is 11.0. The smallest absolute Gasteiger partial charge is 0.338 e. The molecule has 0 saturated carbocycles. The van der Waals surface area contributed by atoms with Crippen molar-refractivity contribution in [2.24, 2.45) is 5.73 Å². The summed E-state index contributed by atoms with van der Waals surface area (Å²) < 4.78 is 6.94. The van der Waals surface area contributed by atoms with Gasteiger partial charge in [0.15, 0.2) is 0 Å². The average molecular weight is 337 g/mol. The number of esters is 1. The maximum atomic E-state index is 11.7. The SMILES string of the molecule is CCOC(=O)c1ccc(-n2c(C)cc(C=C(C#N)C(N)=O)c2C)cc1. The molecule has 2 N–H and O–H groups in total. The molecule has 6 nitrogen and oxygen atoms in total. The molecule has 2 aromatic rings. The molecule has 0 unspecified atom stereocenters. The van der Waals surface area contributed by atoms with Gasteiger partial charge in [0.2, 0.25) is 0 Å². The summed E-state index contributed by atoms with van der Waals surface area (Å²) in [5.41, 5.74) is 8.95. The lowest BCUT2D eigenvalue weighted by Gasteiger charge is -2.10. The summed E-state index contributed by atoms with van der Waals surface area (Å²) in [5.74, 6) is -1.12. The summed E-state index contributed by atoms with van der Waals surface area (Å²) in [6, 6.07) is 10.7. The van der Waals surface area contributed by atoms with E-state index in [1.54, 1.807) is 25.1 Å². The third-order valence-electron chi connectivity index (χ3n) is 3.79. The van der Waals surface area contributed by atoms with E-state index in [1.807, 2.05) is 36.6 Å². The molecule has 0 spiro atoms. The number of nitrogens with zero attached hydrogens (tertiary/aromatic N) is 2. The molecule has 1 heterocycles. The second-order valence-electron chi connectivity index (χ2n) is 5.46. The van der Waals surface area contributed by atoms with Crippen LogP contribution in [0.1, 0.15) is 34.2 Å². The van der Waals surface area contributed by atoms with Gasteiger partial charge in [0.1, 0.15) is 11.6 Å². The van der Waals surface area contributed by atoms with Crippen LogP contribution in [0.5, 0.6) is 0 Å². The van der Waals surface area contributed by atoms with Crippen molar-refractivity contribution in [2.75, 3.05) is 6.61 Å². The second kappa shape index (κ2) is 7.49. The molecule has 0 radical (unpaired) electrons. The highest BCUT2D eigenvalue weighted by atomic mass is 16.5. The van der Waals surface area contributed by atoms with Crippen LogP contribution in [0.25, 0.3) is 11.8 Å². The van der Waals surface area contributed by atoms with Gasteiger partial charge in [0.05, 0.1) is 12.2 Å². The predicted octanol–water partition coefficient (Wildman–Crippen LogP) is 2.66. The zero-order chi connectivity index (χ0) is 18.6. The van der Waals surface area contributed by atoms with Crippen LogP contribution in [0, 0.1) is 25.2 Å². The first-order valence-electron chi connectivity index (χ1n) is 7.77. The molecule has 1 aromatic heterocycles. The Kier molecular flexibility index (Phi) is 5.40. The highest BCUT2D eigenvalue weighted by molar-refractivity contribution is 6.00. The number of carbonyl (C=O) groups excluding carboxylic acids is 2. The summed E-state index contributed by atoms with van der Waals surface area (Å²) in [6.45, 7) is 5.89. The quantitative estimate of drug-likeness (QED) is 0.515. The molecule has 0 aliphatic heterocycles. The number of rotatable bonds is 5. The van der Waals surface area contributed by atoms with E-state index in [0.717, 1.165) is 22.6 Å². The van der Waals surface area contributed by atoms with Gasteiger partial charge in [0, 0.05) is 17.1 Å². The van der Waals surface area contributed by atoms with Crippen molar-refractivity contribution in [3.63, 3.8) is 0 Å². The van der Waals surface area contributed by atoms with E-state index < -0.39 is 5.91 Å². The Morgan fingerprint density at radius 3 is 2.44 bits per heavy atom. The minimum absolute atomic E-state index is 0.0992. The summed E-state index contributed by atoms with van der Waals surface area (Å²) in [5, 5.41) is 9.00. The zero-order valence-corrected chi connectivity index (χ0v) is 14.4. The molecule has 2 rings (SSSR count). The van der Waals surface area contributed by atoms with Crippen molar-refractivity contribution >= 4 is 18.0 Å². The average Bonchev–Trinajstić information content (AvgIpc) is 2.86. The number of amides is 1. The molecule has 0 bridgehead atoms. The van der Waals surface area contributed by atoms with Crippen LogP contribution in [0.2, 0.25) is 0 Å². The number of benzene rings is 1. The number of carbonyl (C=O) groups is 2. The maximum absolute atomic E-state index is 11.7. The lowest BCUT2D eigenvalue weighted by atomic mass is 10.1. The standard InChI is InChI=1S/C19H19N3O3/c1-4-25-19(24)14-5-7-17(8-6-14)22-12(2)9-15(13(22)3)10-16(11-20)18(21)23/h5-10H,4H2,1-3H3,(H2,21,23). The molecule has 0 saturated heterocycles. The van der Waals surface area contributed by atoms with Gasteiger partial charge in [-0.3, -0.25) is 4.79 Å². The first kappa shape index (κ1) is 18.0. The molecule has 0 aliphatic rings. The number of primary amides is 1. The monoisotopic (exact) mass is 337 g/mol. The Hall–Kier alpha value is -3.33. The van der Waals surface area contributed by atoms with Crippen LogP contribution in [-0.2, 0) is 9.53 Å². The third-order valence-corrected chi connectivity index (χ3v) is 3.79. The Morgan fingerprint density at radius 2 is 1.92 bits per heavy atom. The number of hydrogen-bond acceptors (Lipinski definition) is 4. The minimum atomic E-state index is -0.758. The van der Waals surface area contributed by atoms with Crippen molar-refractivity contribution in [1.82, 2.24) is 4.57 Å². The van der Waals surface area contributed by atoms with E-state index in [9.17, 15) is 9.59 Å². The molecule has 25 heavy (non-hydrogen) atoms. The number of hydrogen-bond donors (Lipinski definition) is 1. The van der Waals surface area contributed by atoms with Crippen molar-refractivity contribution in [3.05, 3.63) is 58.4 Å². The number of ether oxygens (including phenoxy) is 1. The summed E-state index contributed by atoms with van der Waals surface area (Å²) in [7, 11) is 0. The topological polar surface area (TPSA) is 98.1 Å². The lowest BCUT2D eigenvalue weighted by Crippen LogP contribution is -2.12. The summed E-state index contributed by atoms with van der Waals surface area (Å²) >= 11 is 0. The van der Waals surface area contributed by atoms with E-state index in [4.69, 9.17) is 15.7 Å². The molecule has 0 atom stereocenters. The third kappa shape index (κ3) is 3.78. The molecule has 0 fully saturated rings. The molecule has 6 heteroatoms. The highest BCUT2D eigenvalue weighted by Crippen LogP contribution is 2.23. The zero-order valence-electron chi connectivity index (χ0n) is 14.4. The van der Waals surface area contributed by atoms with Crippen molar-refractivity contribution < 1.29 is 14.3 Å². The van der Waals surface area contributed by atoms with Crippen LogP contribution >= 0.6 is 0 Å². The van der Waals surface area contributed by atoms with Crippen LogP contribution in [0.3, 0.4) is 0 Å². The maximum Gasteiger partial charge on any atom is 0.338 e. The fraction of sp³-hybridized carbons (Fsp3) is 0.211. The van der Waals surface area contributed by atoms with E-state index >= 15 is 0 Å². The van der Waals surface area contributed by atoms with E-state index in [-0.39, 0.29) is 11.5 Å². The van der Waals surface area contributed by atoms with Gasteiger partial charge >= 0.3 is 5.97 Å². The summed E-state index contributed by atoms with van der Waals surface area (Å²) in [4.78, 5) is 23.0. The van der Waals surface area contributed by atoms with Gasteiger partial charge in [-0.25, -0.2) is 4.79 Å². The van der Waals surface area contributed by atoms with Crippen LogP contribution in [0.15, 0.2) is 35.9 Å². The number of aromatic nitrogens is 1. The van der Waals surface area contributed by atoms with Crippen molar-refractivity contribution in [2.45, 2.75) is 20.8 Å². The van der Waals surface area contributed by atoms with E-state index in [1.165, 1.54) is 6.08 Å². The second-order valence-corrected chi connectivity index (χ2v) is 5.46. The molecule has 128 valence electrons. The number of nitrogens with two attached hydrogens (primary N) is 1. The van der Waals surface area contributed by atoms with Gasteiger partial charge in [-0.2, -0.15) is 5.26 Å². The largest absolute Gasteiger partial charge is 0.462 e. The predicted molar refractivity (Wildman–Crippen MR) is 94.0 cm³/mol. The fourth-order valence-corrected chi connectivity index (χ4v) is 2.61. The Balaban J connectivity index is 2.43. The van der Waals surface area contributed by atoms with Gasteiger partial charge < -0.3 is 15.0 Å². The highest BCUT2D eigenvalue weighted by Gasteiger charge is 2.13. The minimum Gasteiger partial charge on any atom is -0.462 e. The molecule has 1 aromatic carbocycles. The first-order chi connectivity index (χ1) is 11.9. The fourth-order valence-electron chi connectivity index (χ4n) is 2.61. The van der Waals surface area contributed by atoms with Gasteiger partial charge in [0.25, 0.3) is 5.91 Å². The van der Waals surface area contributed by atoms with Crippen molar-refractivity contribution in [3.8, 4) is 11.8 Å². The molecule has 1 amide bonds. The molecule has 0 aliphatic carbocycles. The summed E-state index contributed by atoms with van der Waals surface area (Å²) in [6.07, 6.45) is 1.48. The van der Waals surface area contributed by atoms with Gasteiger partial charge in [-0.05, 0) is 62.7 Å². The number of nitriles is 1. The lowest BCUT2D eigenvalue weighted by molar-refractivity contribution is -0.114. The van der Waals surface area contributed by atoms with Crippen LogP contribution in [0.4, 0.5) is 0 Å². The first-order valence-corrected chi connectivity index (χ1v) is 7.77. The Bertz CT molecular complexity index is 884.